The van der Waals surface area contributed by atoms with E-state index in [9.17, 15) is 0 Å². The van der Waals surface area contributed by atoms with Gasteiger partial charge in [-0.05, 0) is 47.4 Å². The van der Waals surface area contributed by atoms with Gasteiger partial charge in [-0.25, -0.2) is 4.57 Å². The lowest BCUT2D eigenvalue weighted by molar-refractivity contribution is -0.660. The van der Waals surface area contributed by atoms with Crippen LogP contribution in [0.15, 0.2) is 71.3 Å². The van der Waals surface area contributed by atoms with Crippen molar-refractivity contribution >= 4 is 32.7 Å². The van der Waals surface area contributed by atoms with Gasteiger partial charge in [-0.3, -0.25) is 0 Å². The van der Waals surface area contributed by atoms with Gasteiger partial charge in [-0.2, -0.15) is 0 Å². The van der Waals surface area contributed by atoms with Gasteiger partial charge < -0.3 is 4.42 Å². The van der Waals surface area contributed by atoms with Crippen molar-refractivity contribution in [3.8, 4) is 11.3 Å². The van der Waals surface area contributed by atoms with Crippen LogP contribution in [0.2, 0.25) is 0 Å². The van der Waals surface area contributed by atoms with Gasteiger partial charge in [0, 0.05) is 23.8 Å². The van der Waals surface area contributed by atoms with Gasteiger partial charge in [0.25, 0.3) is 0 Å². The molecule has 138 valence electrons. The minimum Gasteiger partial charge on any atom is -0.455 e. The maximum atomic E-state index is 8.33. The second kappa shape index (κ2) is 6.20. The summed E-state index contributed by atoms with van der Waals surface area (Å²) in [4.78, 5) is 0. The van der Waals surface area contributed by atoms with Crippen LogP contribution in [0.3, 0.4) is 0 Å². The first-order chi connectivity index (χ1) is 13.8. The molecule has 0 aliphatic carbocycles. The first-order valence-corrected chi connectivity index (χ1v) is 9.68. The molecule has 0 fully saturated rings. The van der Waals surface area contributed by atoms with E-state index in [1.54, 1.807) is 0 Å². The van der Waals surface area contributed by atoms with E-state index in [1.807, 2.05) is 20.9 Å². The van der Waals surface area contributed by atoms with Crippen molar-refractivity contribution in [1.82, 2.24) is 0 Å². The lowest BCUT2D eigenvalue weighted by atomic mass is 9.98. The molecule has 0 bridgehead atoms. The van der Waals surface area contributed by atoms with Crippen molar-refractivity contribution < 1.29 is 10.4 Å². The van der Waals surface area contributed by atoms with Crippen LogP contribution in [0.25, 0.3) is 44.0 Å². The standard InChI is InChI=1S/C26H24NO/c1-16(2)20-10-12-23(27(4)15-20)25-17(3)9-11-21-22-13-18-7-5-6-8-19(18)14-24(22)28-26(21)25/h5-16H,1-4H3/q+1/i16D. The van der Waals surface area contributed by atoms with E-state index in [-0.39, 0.29) is 0 Å². The minimum atomic E-state index is -0.628. The molecule has 2 nitrogen and oxygen atoms in total. The number of hydrogen-bond donors (Lipinski definition) is 0. The third kappa shape index (κ3) is 2.52. The lowest BCUT2D eigenvalue weighted by Crippen LogP contribution is -2.31. The number of aromatic nitrogens is 1. The van der Waals surface area contributed by atoms with Crippen molar-refractivity contribution in [2.45, 2.75) is 26.7 Å². The Labute approximate surface area is 166 Å². The molecule has 0 saturated heterocycles. The number of hydrogen-bond acceptors (Lipinski definition) is 1. The third-order valence-corrected chi connectivity index (χ3v) is 5.68. The highest BCUT2D eigenvalue weighted by molar-refractivity contribution is 6.13. The van der Waals surface area contributed by atoms with Gasteiger partial charge >= 0.3 is 0 Å². The van der Waals surface area contributed by atoms with Crippen molar-refractivity contribution in [3.63, 3.8) is 0 Å². The van der Waals surface area contributed by atoms with Gasteiger partial charge in [0.05, 0.1) is 5.56 Å². The maximum absolute atomic E-state index is 8.33. The summed E-state index contributed by atoms with van der Waals surface area (Å²) in [5.41, 5.74) is 6.20. The fourth-order valence-corrected chi connectivity index (χ4v) is 4.10. The molecule has 0 radical (unpaired) electrons. The van der Waals surface area contributed by atoms with E-state index in [4.69, 9.17) is 5.79 Å². The summed E-state index contributed by atoms with van der Waals surface area (Å²) in [5.74, 6) is -0.628. The van der Waals surface area contributed by atoms with Crippen LogP contribution < -0.4 is 4.57 Å². The molecule has 2 aromatic heterocycles. The van der Waals surface area contributed by atoms with Crippen LogP contribution in [0, 0.1) is 6.92 Å². The second-order valence-electron chi connectivity index (χ2n) is 7.85. The molecule has 28 heavy (non-hydrogen) atoms. The van der Waals surface area contributed by atoms with E-state index in [1.165, 1.54) is 16.3 Å². The maximum Gasteiger partial charge on any atom is 0.216 e. The number of benzene rings is 3. The Morgan fingerprint density at radius 1 is 0.929 bits per heavy atom. The Morgan fingerprint density at radius 3 is 2.39 bits per heavy atom. The van der Waals surface area contributed by atoms with Crippen molar-refractivity contribution in [3.05, 3.63) is 78.0 Å². The van der Waals surface area contributed by atoms with Crippen LogP contribution in [-0.2, 0) is 7.05 Å². The molecule has 3 aromatic carbocycles. The van der Waals surface area contributed by atoms with Crippen LogP contribution >= 0.6 is 0 Å². The van der Waals surface area contributed by atoms with Gasteiger partial charge in [-0.1, -0.05) is 50.2 Å². The second-order valence-corrected chi connectivity index (χ2v) is 7.85. The number of pyridine rings is 1. The SMILES string of the molecule is [2H]C(C)(C)c1ccc(-c2c(C)ccc3c2oc2cc4ccccc4cc23)[n+](C)c1. The summed E-state index contributed by atoms with van der Waals surface area (Å²) in [6.07, 6.45) is 2.05. The zero-order valence-corrected chi connectivity index (χ0v) is 16.7. The highest BCUT2D eigenvalue weighted by atomic mass is 16.3. The lowest BCUT2D eigenvalue weighted by Gasteiger charge is -2.08. The Balaban J connectivity index is 1.82. The zero-order chi connectivity index (χ0) is 20.3. The van der Waals surface area contributed by atoms with E-state index >= 15 is 0 Å². The molecule has 0 amide bonds. The fraction of sp³-hybridized carbons (Fsp3) is 0.192. The highest BCUT2D eigenvalue weighted by Crippen LogP contribution is 2.38. The molecule has 2 heterocycles. The molecule has 0 atom stereocenters. The van der Waals surface area contributed by atoms with Gasteiger partial charge in [0.1, 0.15) is 18.2 Å². The summed E-state index contributed by atoms with van der Waals surface area (Å²) >= 11 is 0. The number of fused-ring (bicyclic) bond motifs is 4. The highest BCUT2D eigenvalue weighted by Gasteiger charge is 2.21. The van der Waals surface area contributed by atoms with Crippen molar-refractivity contribution in [2.24, 2.45) is 7.05 Å². The van der Waals surface area contributed by atoms with E-state index < -0.39 is 5.89 Å². The molecular weight excluding hydrogens is 342 g/mol. The first-order valence-electron chi connectivity index (χ1n) is 10.2. The number of rotatable bonds is 2. The molecular formula is C26H24NO+. The minimum absolute atomic E-state index is 0.628. The number of aryl methyl sites for hydroxylation is 2. The summed E-state index contributed by atoms with van der Waals surface area (Å²) < 4.78 is 16.9. The fourth-order valence-electron chi connectivity index (χ4n) is 4.10. The van der Waals surface area contributed by atoms with Crippen molar-refractivity contribution in [2.75, 3.05) is 0 Å². The van der Waals surface area contributed by atoms with Crippen LogP contribution in [0.4, 0.5) is 0 Å². The zero-order valence-electron chi connectivity index (χ0n) is 17.7. The van der Waals surface area contributed by atoms with Crippen LogP contribution in [0.1, 0.15) is 32.2 Å². The molecule has 2 heteroatoms. The van der Waals surface area contributed by atoms with Crippen LogP contribution in [-0.4, -0.2) is 0 Å². The Morgan fingerprint density at radius 2 is 1.68 bits per heavy atom. The van der Waals surface area contributed by atoms with E-state index in [0.29, 0.717) is 0 Å². The predicted octanol–water partition coefficient (Wildman–Crippen LogP) is 6.66. The molecule has 0 N–H and O–H groups in total. The predicted molar refractivity (Wildman–Crippen MR) is 117 cm³/mol. The molecule has 0 spiro atoms. The molecule has 5 rings (SSSR count). The van der Waals surface area contributed by atoms with E-state index in [0.717, 1.165) is 38.8 Å². The quantitative estimate of drug-likeness (QED) is 0.319. The van der Waals surface area contributed by atoms with Crippen LogP contribution in [0.5, 0.6) is 0 Å². The molecule has 0 aliphatic heterocycles. The largest absolute Gasteiger partial charge is 0.455 e. The average Bonchev–Trinajstić information content (AvgIpc) is 3.03. The monoisotopic (exact) mass is 367 g/mol. The number of furan rings is 1. The normalized spacial score (nSPS) is 12.8. The Kier molecular flexibility index (Phi) is 3.52. The Hall–Kier alpha value is -3.13. The summed E-state index contributed by atoms with van der Waals surface area (Å²) in [7, 11) is 2.04. The van der Waals surface area contributed by atoms with Gasteiger partial charge in [-0.15, -0.1) is 0 Å². The van der Waals surface area contributed by atoms with E-state index in [2.05, 4.69) is 78.4 Å². The Bertz CT molecular complexity index is 1410. The smallest absolute Gasteiger partial charge is 0.216 e. The first kappa shape index (κ1) is 15.9. The molecule has 0 unspecified atom stereocenters. The molecule has 5 aromatic rings. The summed E-state index contributed by atoms with van der Waals surface area (Å²) in [5, 5.41) is 4.69. The summed E-state index contributed by atoms with van der Waals surface area (Å²) in [6, 6.07) is 21.2. The average molecular weight is 367 g/mol. The van der Waals surface area contributed by atoms with Gasteiger partial charge in [0.2, 0.25) is 5.69 Å². The molecule has 0 aliphatic rings. The topological polar surface area (TPSA) is 17.0 Å². The van der Waals surface area contributed by atoms with Crippen molar-refractivity contribution in [1.29, 1.82) is 0 Å². The molecule has 0 saturated carbocycles. The number of nitrogens with zero attached hydrogens (tertiary/aromatic N) is 1. The third-order valence-electron chi connectivity index (χ3n) is 5.68. The summed E-state index contributed by atoms with van der Waals surface area (Å²) in [6.45, 7) is 5.95. The van der Waals surface area contributed by atoms with Gasteiger partial charge in [0.15, 0.2) is 6.20 Å².